The molecule has 7 heteroatoms. The van der Waals surface area contributed by atoms with Gasteiger partial charge in [0.15, 0.2) is 0 Å². The molecule has 2 aromatic carbocycles. The summed E-state index contributed by atoms with van der Waals surface area (Å²) in [7, 11) is 0. The highest BCUT2D eigenvalue weighted by Gasteiger charge is 2.45. The maximum atomic E-state index is 9.83. The average molecular weight is 383 g/mol. The normalized spacial score (nSPS) is 27.1. The van der Waals surface area contributed by atoms with Crippen LogP contribution in [-0.2, 0) is 27.4 Å². The number of aliphatic hydroxyl groups is 1. The summed E-state index contributed by atoms with van der Waals surface area (Å²) in [6.07, 6.45) is -2.07. The lowest BCUT2D eigenvalue weighted by Gasteiger charge is -2.43. The third kappa shape index (κ3) is 5.10. The van der Waals surface area contributed by atoms with E-state index in [1.165, 1.54) is 0 Å². The van der Waals surface area contributed by atoms with Crippen LogP contribution in [0.25, 0.3) is 10.4 Å². The number of rotatable bonds is 8. The standard InChI is InChI=1S/C21H25N3O4/c1-15-19(23-24-22)21(27-14-17-10-6-3-7-11-17)20(18(12-25)28-15)26-13-16-8-4-2-5-9-16/h2-11,15,18-21,25H,12-14H2,1H3/t15-,18-,19+,20-,21-/m1/s1. The monoisotopic (exact) mass is 383 g/mol. The van der Waals surface area contributed by atoms with E-state index in [-0.39, 0.29) is 6.61 Å². The van der Waals surface area contributed by atoms with Gasteiger partial charge in [-0.05, 0) is 23.6 Å². The summed E-state index contributed by atoms with van der Waals surface area (Å²) in [6, 6.07) is 18.9. The van der Waals surface area contributed by atoms with E-state index in [4.69, 9.17) is 19.7 Å². The Hall–Kier alpha value is -2.41. The van der Waals surface area contributed by atoms with Gasteiger partial charge < -0.3 is 19.3 Å². The molecule has 0 radical (unpaired) electrons. The molecule has 1 fully saturated rings. The van der Waals surface area contributed by atoms with E-state index in [0.717, 1.165) is 11.1 Å². The van der Waals surface area contributed by atoms with E-state index in [2.05, 4.69) is 10.0 Å². The van der Waals surface area contributed by atoms with E-state index in [9.17, 15) is 5.11 Å². The number of azide groups is 1. The molecule has 0 saturated carbocycles. The maximum absolute atomic E-state index is 9.83. The fourth-order valence-electron chi connectivity index (χ4n) is 3.40. The molecule has 0 aliphatic carbocycles. The molecular weight excluding hydrogens is 358 g/mol. The summed E-state index contributed by atoms with van der Waals surface area (Å²) in [5.74, 6) is 0. The Morgan fingerprint density at radius 3 is 2.00 bits per heavy atom. The highest BCUT2D eigenvalue weighted by Crippen LogP contribution is 2.29. The van der Waals surface area contributed by atoms with Crippen LogP contribution < -0.4 is 0 Å². The summed E-state index contributed by atoms with van der Waals surface area (Å²) in [5.41, 5.74) is 11.0. The summed E-state index contributed by atoms with van der Waals surface area (Å²) < 4.78 is 18.1. The van der Waals surface area contributed by atoms with Crippen LogP contribution in [0.15, 0.2) is 65.8 Å². The summed E-state index contributed by atoms with van der Waals surface area (Å²) >= 11 is 0. The summed E-state index contributed by atoms with van der Waals surface area (Å²) in [6.45, 7) is 2.29. The highest BCUT2D eigenvalue weighted by molar-refractivity contribution is 5.14. The molecule has 7 nitrogen and oxygen atoms in total. The van der Waals surface area contributed by atoms with Crippen molar-refractivity contribution in [2.24, 2.45) is 5.11 Å². The third-order valence-corrected chi connectivity index (χ3v) is 4.83. The second-order valence-corrected chi connectivity index (χ2v) is 6.78. The molecule has 2 aromatic rings. The van der Waals surface area contributed by atoms with Crippen LogP contribution in [0.4, 0.5) is 0 Å². The summed E-state index contributed by atoms with van der Waals surface area (Å²) in [4.78, 5) is 2.97. The average Bonchev–Trinajstić information content (AvgIpc) is 2.74. The zero-order valence-corrected chi connectivity index (χ0v) is 15.8. The molecule has 0 amide bonds. The van der Waals surface area contributed by atoms with Crippen molar-refractivity contribution in [3.8, 4) is 0 Å². The quantitative estimate of drug-likeness (QED) is 0.428. The molecule has 3 rings (SSSR count). The largest absolute Gasteiger partial charge is 0.394 e. The first-order valence-corrected chi connectivity index (χ1v) is 9.34. The molecule has 5 atom stereocenters. The van der Waals surface area contributed by atoms with Gasteiger partial charge >= 0.3 is 0 Å². The van der Waals surface area contributed by atoms with E-state index in [1.807, 2.05) is 67.6 Å². The van der Waals surface area contributed by atoms with Crippen molar-refractivity contribution < 1.29 is 19.3 Å². The Morgan fingerprint density at radius 1 is 0.964 bits per heavy atom. The van der Waals surface area contributed by atoms with E-state index < -0.39 is 30.5 Å². The Labute approximate surface area is 164 Å². The van der Waals surface area contributed by atoms with Crippen LogP contribution >= 0.6 is 0 Å². The predicted molar refractivity (Wildman–Crippen MR) is 104 cm³/mol. The van der Waals surface area contributed by atoms with Crippen LogP contribution in [0.5, 0.6) is 0 Å². The van der Waals surface area contributed by atoms with Gasteiger partial charge in [0.25, 0.3) is 0 Å². The number of ether oxygens (including phenoxy) is 3. The molecule has 28 heavy (non-hydrogen) atoms. The molecule has 1 saturated heterocycles. The number of hydrogen-bond acceptors (Lipinski definition) is 5. The van der Waals surface area contributed by atoms with E-state index >= 15 is 0 Å². The first-order valence-electron chi connectivity index (χ1n) is 9.34. The van der Waals surface area contributed by atoms with Crippen LogP contribution in [0, 0.1) is 0 Å². The zero-order valence-electron chi connectivity index (χ0n) is 15.8. The molecule has 0 unspecified atom stereocenters. The van der Waals surface area contributed by atoms with Crippen molar-refractivity contribution in [3.63, 3.8) is 0 Å². The van der Waals surface area contributed by atoms with Gasteiger partial charge in [-0.3, -0.25) is 0 Å². The van der Waals surface area contributed by atoms with Gasteiger partial charge in [0.2, 0.25) is 0 Å². The van der Waals surface area contributed by atoms with Crippen molar-refractivity contribution in [1.29, 1.82) is 0 Å². The van der Waals surface area contributed by atoms with Crippen molar-refractivity contribution in [1.82, 2.24) is 0 Å². The van der Waals surface area contributed by atoms with Crippen LogP contribution in [0.3, 0.4) is 0 Å². The van der Waals surface area contributed by atoms with E-state index in [1.54, 1.807) is 0 Å². The minimum Gasteiger partial charge on any atom is -0.394 e. The first-order chi connectivity index (χ1) is 13.7. The first kappa shape index (κ1) is 20.3. The molecular formula is C21H25N3O4. The van der Waals surface area contributed by atoms with Crippen molar-refractivity contribution in [2.45, 2.75) is 50.6 Å². The topological polar surface area (TPSA) is 96.7 Å². The van der Waals surface area contributed by atoms with Gasteiger partial charge in [0.1, 0.15) is 12.2 Å². The lowest BCUT2D eigenvalue weighted by molar-refractivity contribution is -0.220. The smallest absolute Gasteiger partial charge is 0.113 e. The fraction of sp³-hybridized carbons (Fsp3) is 0.429. The van der Waals surface area contributed by atoms with Crippen LogP contribution in [0.1, 0.15) is 18.1 Å². The molecule has 1 N–H and O–H groups in total. The second kappa shape index (κ2) is 10.2. The second-order valence-electron chi connectivity index (χ2n) is 6.78. The minimum absolute atomic E-state index is 0.210. The molecule has 1 aliphatic heterocycles. The Morgan fingerprint density at radius 2 is 1.50 bits per heavy atom. The van der Waals surface area contributed by atoms with Gasteiger partial charge in [0, 0.05) is 4.91 Å². The fourth-order valence-corrected chi connectivity index (χ4v) is 3.40. The lowest BCUT2D eigenvalue weighted by atomic mass is 9.93. The molecule has 1 heterocycles. The van der Waals surface area contributed by atoms with Gasteiger partial charge in [0.05, 0.1) is 38.1 Å². The minimum atomic E-state index is -0.569. The molecule has 0 spiro atoms. The molecule has 0 aromatic heterocycles. The van der Waals surface area contributed by atoms with Crippen LogP contribution in [0.2, 0.25) is 0 Å². The third-order valence-electron chi connectivity index (χ3n) is 4.83. The van der Waals surface area contributed by atoms with Gasteiger partial charge in [-0.25, -0.2) is 0 Å². The number of hydrogen-bond donors (Lipinski definition) is 1. The van der Waals surface area contributed by atoms with E-state index in [0.29, 0.717) is 13.2 Å². The van der Waals surface area contributed by atoms with Crippen molar-refractivity contribution in [2.75, 3.05) is 6.61 Å². The zero-order chi connectivity index (χ0) is 19.8. The molecule has 148 valence electrons. The SMILES string of the molecule is C[C@H]1O[C@H](CO)[C@@H](OCc2ccccc2)[C@H](OCc2ccccc2)[C@H]1N=[N+]=[N-]. The van der Waals surface area contributed by atoms with Gasteiger partial charge in [-0.1, -0.05) is 65.8 Å². The Balaban J connectivity index is 1.79. The maximum Gasteiger partial charge on any atom is 0.113 e. The van der Waals surface area contributed by atoms with Gasteiger partial charge in [-0.2, -0.15) is 0 Å². The Kier molecular flexibility index (Phi) is 7.42. The lowest BCUT2D eigenvalue weighted by Crippen LogP contribution is -2.58. The Bertz CT molecular complexity index is 768. The molecule has 0 bridgehead atoms. The number of aliphatic hydroxyl groups excluding tert-OH is 1. The number of benzene rings is 2. The van der Waals surface area contributed by atoms with Gasteiger partial charge in [-0.15, -0.1) is 0 Å². The predicted octanol–water partition coefficient (Wildman–Crippen LogP) is 3.62. The highest BCUT2D eigenvalue weighted by atomic mass is 16.6. The molecule has 1 aliphatic rings. The summed E-state index contributed by atoms with van der Waals surface area (Å²) in [5, 5.41) is 13.7. The van der Waals surface area contributed by atoms with Crippen molar-refractivity contribution in [3.05, 3.63) is 82.2 Å². The van der Waals surface area contributed by atoms with Crippen molar-refractivity contribution >= 4 is 0 Å². The number of nitrogens with zero attached hydrogens (tertiary/aromatic N) is 3. The van der Waals surface area contributed by atoms with Crippen LogP contribution in [-0.4, -0.2) is 42.2 Å².